The van der Waals surface area contributed by atoms with Gasteiger partial charge in [0, 0.05) is 6.42 Å². The van der Waals surface area contributed by atoms with E-state index in [4.69, 9.17) is 15.3 Å². The number of carboxylic acids is 1. The van der Waals surface area contributed by atoms with Gasteiger partial charge in [-0.2, -0.15) is 0 Å². The Hall–Kier alpha value is -2.86. The number of nitrogens with one attached hydrogen (secondary N) is 1. The number of phenols is 1. The topological polar surface area (TPSA) is 107 Å². The lowest BCUT2D eigenvalue weighted by atomic mass is 10.1. The third-order valence-corrected chi connectivity index (χ3v) is 3.72. The van der Waals surface area contributed by atoms with E-state index in [9.17, 15) is 9.59 Å². The first-order chi connectivity index (χ1) is 12.7. The molecule has 0 saturated carbocycles. The number of aromatic carboxylic acids is 1. The van der Waals surface area contributed by atoms with E-state index in [0.29, 0.717) is 12.3 Å². The maximum atomic E-state index is 11.6. The molecule has 2 aromatic carbocycles. The molecule has 0 radical (unpaired) electrons. The number of hydrogen-bond donors (Lipinski definition) is 4. The molecule has 2 aromatic rings. The van der Waals surface area contributed by atoms with Gasteiger partial charge >= 0.3 is 5.97 Å². The van der Waals surface area contributed by atoms with E-state index >= 15 is 0 Å². The molecule has 4 N–H and O–H groups in total. The van der Waals surface area contributed by atoms with Gasteiger partial charge in [-0.05, 0) is 48.2 Å². The van der Waals surface area contributed by atoms with Gasteiger partial charge in [0.1, 0.15) is 5.75 Å². The number of rotatable bonds is 6. The molecule has 146 valence electrons. The fourth-order valence-corrected chi connectivity index (χ4v) is 2.32. The summed E-state index contributed by atoms with van der Waals surface area (Å²) in [7, 11) is 0. The first-order valence-corrected chi connectivity index (χ1v) is 8.74. The molecule has 1 amide bonds. The Balaban J connectivity index is 0.000000337. The van der Waals surface area contributed by atoms with Gasteiger partial charge in [-0.15, -0.1) is 0 Å². The van der Waals surface area contributed by atoms with Crippen molar-refractivity contribution in [3.8, 4) is 5.75 Å². The lowest BCUT2D eigenvalue weighted by molar-refractivity contribution is -0.122. The van der Waals surface area contributed by atoms with Gasteiger partial charge in [-0.25, -0.2) is 4.79 Å². The second-order valence-corrected chi connectivity index (χ2v) is 6.64. The molecule has 0 bridgehead atoms. The van der Waals surface area contributed by atoms with Gasteiger partial charge in [-0.1, -0.05) is 38.1 Å². The molecule has 2 rings (SSSR count). The highest BCUT2D eigenvalue weighted by Gasteiger charge is 2.11. The minimum Gasteiger partial charge on any atom is -0.508 e. The Morgan fingerprint density at radius 3 is 2.11 bits per heavy atom. The number of aliphatic hydroxyl groups excluding tert-OH is 1. The van der Waals surface area contributed by atoms with Crippen LogP contribution in [0.1, 0.15) is 54.7 Å². The molecular weight excluding hydrogens is 346 g/mol. The predicted molar refractivity (Wildman–Crippen MR) is 103 cm³/mol. The Morgan fingerprint density at radius 2 is 1.67 bits per heavy atom. The van der Waals surface area contributed by atoms with Crippen molar-refractivity contribution in [2.45, 2.75) is 39.8 Å². The minimum atomic E-state index is -0.946. The zero-order chi connectivity index (χ0) is 20.4. The van der Waals surface area contributed by atoms with Gasteiger partial charge in [-0.3, -0.25) is 4.79 Å². The third kappa shape index (κ3) is 8.37. The van der Waals surface area contributed by atoms with E-state index in [2.05, 4.69) is 5.32 Å². The lowest BCUT2D eigenvalue weighted by Crippen LogP contribution is -2.27. The molecule has 1 unspecified atom stereocenters. The minimum absolute atomic E-state index is 0.0137. The summed E-state index contributed by atoms with van der Waals surface area (Å²) in [6, 6.07) is 13.0. The van der Waals surface area contributed by atoms with Gasteiger partial charge in [0.2, 0.25) is 5.91 Å². The number of benzene rings is 2. The first kappa shape index (κ1) is 22.2. The highest BCUT2D eigenvalue weighted by atomic mass is 16.4. The Morgan fingerprint density at radius 1 is 1.04 bits per heavy atom. The van der Waals surface area contributed by atoms with E-state index in [0.717, 1.165) is 11.1 Å². The largest absolute Gasteiger partial charge is 0.508 e. The van der Waals surface area contributed by atoms with Crippen LogP contribution < -0.4 is 5.32 Å². The quantitative estimate of drug-likeness (QED) is 0.620. The van der Waals surface area contributed by atoms with E-state index in [1.54, 1.807) is 42.5 Å². The van der Waals surface area contributed by atoms with Crippen LogP contribution in [0, 0.1) is 5.92 Å². The first-order valence-electron chi connectivity index (χ1n) is 8.74. The smallest absolute Gasteiger partial charge is 0.335 e. The molecule has 6 nitrogen and oxygen atoms in total. The zero-order valence-corrected chi connectivity index (χ0v) is 15.8. The number of aliphatic hydroxyl groups is 1. The number of phenolic OH excluding ortho intramolecular Hbond substituents is 1. The van der Waals surface area contributed by atoms with Crippen LogP contribution in [0.15, 0.2) is 48.5 Å². The van der Waals surface area contributed by atoms with Crippen molar-refractivity contribution < 1.29 is 24.9 Å². The maximum absolute atomic E-state index is 11.6. The van der Waals surface area contributed by atoms with Crippen molar-refractivity contribution in [1.29, 1.82) is 0 Å². The maximum Gasteiger partial charge on any atom is 0.335 e. The Bertz CT molecular complexity index is 740. The van der Waals surface area contributed by atoms with Crippen molar-refractivity contribution in [2.24, 2.45) is 5.92 Å². The van der Waals surface area contributed by atoms with Crippen molar-refractivity contribution in [2.75, 3.05) is 0 Å². The molecule has 0 fully saturated rings. The van der Waals surface area contributed by atoms with E-state index in [-0.39, 0.29) is 29.9 Å². The van der Waals surface area contributed by atoms with E-state index in [1.807, 2.05) is 20.8 Å². The van der Waals surface area contributed by atoms with Gasteiger partial charge in [0.05, 0.1) is 18.2 Å². The van der Waals surface area contributed by atoms with Crippen LogP contribution in [0.4, 0.5) is 0 Å². The highest BCUT2D eigenvalue weighted by molar-refractivity contribution is 5.87. The molecule has 0 aliphatic carbocycles. The lowest BCUT2D eigenvalue weighted by Gasteiger charge is -2.15. The van der Waals surface area contributed by atoms with Crippen LogP contribution in [0.5, 0.6) is 5.75 Å². The fraction of sp³-hybridized carbons (Fsp3) is 0.333. The van der Waals surface area contributed by atoms with Crippen LogP contribution in [-0.2, 0) is 11.4 Å². The summed E-state index contributed by atoms with van der Waals surface area (Å²) < 4.78 is 0. The average molecular weight is 373 g/mol. The summed E-state index contributed by atoms with van der Waals surface area (Å²) in [5.74, 6) is -0.411. The molecule has 0 spiro atoms. The van der Waals surface area contributed by atoms with Crippen LogP contribution in [0.25, 0.3) is 0 Å². The standard InChI is InChI=1S/C14H19NO3.C7H8O2/c1-9(2)8-13(16)15-10(3)11-4-6-12(7-5-11)14(17)18;8-5-6-2-1-3-7(9)4-6/h4-7,9-10H,8H2,1-3H3,(H,15,16)(H,17,18);1-4,8-9H,5H2. The normalized spacial score (nSPS) is 11.3. The zero-order valence-electron chi connectivity index (χ0n) is 15.8. The summed E-state index contributed by atoms with van der Waals surface area (Å²) in [4.78, 5) is 22.3. The van der Waals surface area contributed by atoms with Crippen LogP contribution >= 0.6 is 0 Å². The third-order valence-electron chi connectivity index (χ3n) is 3.72. The molecule has 6 heteroatoms. The fourth-order valence-electron chi connectivity index (χ4n) is 2.32. The number of amides is 1. The molecule has 0 aromatic heterocycles. The summed E-state index contributed by atoms with van der Waals surface area (Å²) in [5.41, 5.74) is 1.88. The Kier molecular flexibility index (Phi) is 9.02. The van der Waals surface area contributed by atoms with Gasteiger partial charge < -0.3 is 20.6 Å². The summed E-state index contributed by atoms with van der Waals surface area (Å²) >= 11 is 0. The van der Waals surface area contributed by atoms with Crippen molar-refractivity contribution in [3.63, 3.8) is 0 Å². The second kappa shape index (κ2) is 11.0. The molecule has 0 heterocycles. The second-order valence-electron chi connectivity index (χ2n) is 6.64. The molecule has 27 heavy (non-hydrogen) atoms. The monoisotopic (exact) mass is 373 g/mol. The number of hydrogen-bond acceptors (Lipinski definition) is 4. The molecule has 1 atom stereocenters. The number of carbonyl (C=O) groups is 2. The van der Waals surface area contributed by atoms with Crippen LogP contribution in [0.2, 0.25) is 0 Å². The summed E-state index contributed by atoms with van der Waals surface area (Å²) in [6.07, 6.45) is 0.498. The van der Waals surface area contributed by atoms with E-state index < -0.39 is 5.97 Å². The summed E-state index contributed by atoms with van der Waals surface area (Å²) in [5, 5.41) is 29.1. The molecule has 0 aliphatic heterocycles. The Labute approximate surface area is 159 Å². The summed E-state index contributed by atoms with van der Waals surface area (Å²) in [6.45, 7) is 5.85. The van der Waals surface area contributed by atoms with Crippen molar-refractivity contribution in [1.82, 2.24) is 5.32 Å². The molecule has 0 saturated heterocycles. The number of aromatic hydroxyl groups is 1. The van der Waals surface area contributed by atoms with Crippen molar-refractivity contribution in [3.05, 3.63) is 65.2 Å². The number of carbonyl (C=O) groups excluding carboxylic acids is 1. The van der Waals surface area contributed by atoms with Gasteiger partial charge in [0.25, 0.3) is 0 Å². The van der Waals surface area contributed by atoms with E-state index in [1.165, 1.54) is 6.07 Å². The average Bonchev–Trinajstić information content (AvgIpc) is 2.61. The van der Waals surface area contributed by atoms with Crippen LogP contribution in [0.3, 0.4) is 0 Å². The van der Waals surface area contributed by atoms with Crippen LogP contribution in [-0.4, -0.2) is 27.2 Å². The van der Waals surface area contributed by atoms with Crippen molar-refractivity contribution >= 4 is 11.9 Å². The SMILES string of the molecule is CC(C)CC(=O)NC(C)c1ccc(C(=O)O)cc1.OCc1cccc(O)c1. The molecule has 0 aliphatic rings. The predicted octanol–water partition coefficient (Wildman–Crippen LogP) is 3.49. The molecular formula is C21H27NO5. The highest BCUT2D eigenvalue weighted by Crippen LogP contribution is 2.14. The number of carboxylic acid groups (broad SMARTS) is 1. The van der Waals surface area contributed by atoms with Gasteiger partial charge in [0.15, 0.2) is 0 Å².